The Bertz CT molecular complexity index is 1520. The second kappa shape index (κ2) is 15.3. The fourth-order valence-corrected chi connectivity index (χ4v) is 7.16. The number of alkyl halides is 1. The number of likely N-dealkylation sites (N-methyl/N-ethyl adjacent to an activating group) is 1. The summed E-state index contributed by atoms with van der Waals surface area (Å²) in [6.45, 7) is 9.80. The summed E-state index contributed by atoms with van der Waals surface area (Å²) in [5, 5.41) is 12.4. The predicted octanol–water partition coefficient (Wildman–Crippen LogP) is 4.25. The molecule has 4 atom stereocenters. The summed E-state index contributed by atoms with van der Waals surface area (Å²) in [7, 11) is 1.98. The molecule has 1 aliphatic heterocycles. The quantitative estimate of drug-likeness (QED) is 0.325. The van der Waals surface area contributed by atoms with Crippen LogP contribution in [0.3, 0.4) is 0 Å². The third-order valence-electron chi connectivity index (χ3n) is 11.0. The first-order valence-electron chi connectivity index (χ1n) is 17.7. The van der Waals surface area contributed by atoms with Crippen molar-refractivity contribution in [3.05, 3.63) is 47.5 Å². The maximum atomic E-state index is 15.8. The molecule has 2 saturated carbocycles. The van der Waals surface area contributed by atoms with Crippen molar-refractivity contribution in [2.24, 2.45) is 11.8 Å². The summed E-state index contributed by atoms with van der Waals surface area (Å²) in [4.78, 5) is 57.7. The van der Waals surface area contributed by atoms with Crippen molar-refractivity contribution < 1.29 is 28.0 Å². The smallest absolute Gasteiger partial charge is 0.270 e. The normalized spacial score (nSPS) is 24.2. The molecular formula is C36H51F2N7O4. The lowest BCUT2D eigenvalue weighted by Gasteiger charge is -2.41. The van der Waals surface area contributed by atoms with Crippen LogP contribution in [0.15, 0.2) is 30.5 Å². The lowest BCUT2D eigenvalue weighted by atomic mass is 9.79. The number of rotatable bonds is 11. The van der Waals surface area contributed by atoms with Gasteiger partial charge in [0.2, 0.25) is 11.8 Å². The van der Waals surface area contributed by atoms with E-state index >= 15 is 8.78 Å². The lowest BCUT2D eigenvalue weighted by molar-refractivity contribution is -0.145. The van der Waals surface area contributed by atoms with Gasteiger partial charge in [-0.15, -0.1) is 0 Å². The fraction of sp³-hybridized carbons (Fsp3) is 0.639. The van der Waals surface area contributed by atoms with Gasteiger partial charge < -0.3 is 25.8 Å². The minimum absolute atomic E-state index is 0.0695. The van der Waals surface area contributed by atoms with Gasteiger partial charge in [0.1, 0.15) is 23.6 Å². The van der Waals surface area contributed by atoms with Crippen molar-refractivity contribution in [1.82, 2.24) is 30.2 Å². The molecule has 0 spiro atoms. The standard InChI is InChI=1S/C36H51F2N7O4/c1-6-45-29(14-17-39-45)32(46)41-31(25-10-8-22(2)9-11-25)33(47)40-28-13-12-26(20-27(28)37)24(4)30(42-35(49)36(38)15-7-16-36)34(48)44-19-18-43(5)23(3)21-44/h12-14,17,20,22-25,30-31H,6-11,15-16,18-19,21H2,1-5H3,(H,40,47)(H,41,46)(H,42,49)/t22-,23-,24+,25-,30-,31+/m1/s1. The third kappa shape index (κ3) is 8.13. The third-order valence-corrected chi connectivity index (χ3v) is 11.0. The molecule has 3 aliphatic rings. The second-order valence-electron chi connectivity index (χ2n) is 14.4. The molecule has 268 valence electrons. The summed E-state index contributed by atoms with van der Waals surface area (Å²) in [6, 6.07) is 3.97. The highest BCUT2D eigenvalue weighted by molar-refractivity contribution is 6.01. The number of anilines is 1. The number of hydrogen-bond donors (Lipinski definition) is 3. The first-order valence-corrected chi connectivity index (χ1v) is 17.7. The number of amides is 4. The number of halogens is 2. The van der Waals surface area contributed by atoms with E-state index in [1.165, 1.54) is 18.3 Å². The summed E-state index contributed by atoms with van der Waals surface area (Å²) in [5.74, 6) is -3.13. The van der Waals surface area contributed by atoms with Crippen LogP contribution in [0.4, 0.5) is 14.5 Å². The van der Waals surface area contributed by atoms with Crippen molar-refractivity contribution in [1.29, 1.82) is 0 Å². The molecule has 2 heterocycles. The van der Waals surface area contributed by atoms with E-state index in [2.05, 4.69) is 32.9 Å². The van der Waals surface area contributed by atoms with Crippen molar-refractivity contribution >= 4 is 29.3 Å². The van der Waals surface area contributed by atoms with E-state index in [1.807, 2.05) is 20.9 Å². The van der Waals surface area contributed by atoms with E-state index in [0.717, 1.165) is 25.7 Å². The molecule has 0 radical (unpaired) electrons. The van der Waals surface area contributed by atoms with Crippen LogP contribution in [-0.4, -0.2) is 93.7 Å². The molecule has 1 aromatic carbocycles. The highest BCUT2D eigenvalue weighted by Crippen LogP contribution is 2.37. The van der Waals surface area contributed by atoms with Gasteiger partial charge in [-0.3, -0.25) is 23.9 Å². The van der Waals surface area contributed by atoms with E-state index < -0.39 is 47.2 Å². The second-order valence-corrected chi connectivity index (χ2v) is 14.4. The summed E-state index contributed by atoms with van der Waals surface area (Å²) in [5.41, 5.74) is -1.32. The van der Waals surface area contributed by atoms with Gasteiger partial charge in [-0.05, 0) is 88.6 Å². The Balaban J connectivity index is 1.34. The number of nitrogens with one attached hydrogen (secondary N) is 3. The number of aryl methyl sites for hydroxylation is 1. The maximum Gasteiger partial charge on any atom is 0.270 e. The SMILES string of the molecule is CCn1nccc1C(=O)N[C@H](C(=O)Nc1ccc([C@H](C)[C@@H](NC(=O)C2(F)CCC2)C(=O)N2CCN(C)[C@H](C)C2)cc1F)[C@H]1CC[C@H](C)CC1. The molecule has 2 aliphatic carbocycles. The van der Waals surface area contributed by atoms with Crippen LogP contribution in [0.1, 0.15) is 94.6 Å². The summed E-state index contributed by atoms with van der Waals surface area (Å²) in [6.07, 6.45) is 5.68. The molecule has 13 heteroatoms. The minimum Gasteiger partial charge on any atom is -0.341 e. The Kier molecular flexibility index (Phi) is 11.4. The van der Waals surface area contributed by atoms with Gasteiger partial charge in [0.25, 0.3) is 11.8 Å². The molecule has 11 nitrogen and oxygen atoms in total. The van der Waals surface area contributed by atoms with Gasteiger partial charge in [0, 0.05) is 44.3 Å². The highest BCUT2D eigenvalue weighted by Gasteiger charge is 2.47. The lowest BCUT2D eigenvalue weighted by Crippen LogP contribution is -2.60. The van der Waals surface area contributed by atoms with E-state index in [0.29, 0.717) is 49.8 Å². The van der Waals surface area contributed by atoms with Crippen LogP contribution >= 0.6 is 0 Å². The minimum atomic E-state index is -2.01. The molecular weight excluding hydrogens is 632 g/mol. The predicted molar refractivity (Wildman–Crippen MR) is 182 cm³/mol. The van der Waals surface area contributed by atoms with Crippen LogP contribution in [0, 0.1) is 17.7 Å². The molecule has 0 unspecified atom stereocenters. The zero-order valence-corrected chi connectivity index (χ0v) is 29.3. The topological polar surface area (TPSA) is 129 Å². The van der Waals surface area contributed by atoms with Crippen molar-refractivity contribution in [2.75, 3.05) is 32.0 Å². The number of nitrogens with zero attached hydrogens (tertiary/aromatic N) is 4. The largest absolute Gasteiger partial charge is 0.341 e. The molecule has 3 fully saturated rings. The first kappa shape index (κ1) is 36.4. The van der Waals surface area contributed by atoms with Gasteiger partial charge in [-0.2, -0.15) is 5.10 Å². The van der Waals surface area contributed by atoms with E-state index in [1.54, 1.807) is 28.6 Å². The fourth-order valence-electron chi connectivity index (χ4n) is 7.16. The molecule has 49 heavy (non-hydrogen) atoms. The molecule has 5 rings (SSSR count). The Hall–Kier alpha value is -3.87. The van der Waals surface area contributed by atoms with Crippen molar-refractivity contribution in [3.63, 3.8) is 0 Å². The zero-order chi connectivity index (χ0) is 35.5. The number of aromatic nitrogens is 2. The highest BCUT2D eigenvalue weighted by atomic mass is 19.1. The van der Waals surface area contributed by atoms with Crippen molar-refractivity contribution in [3.8, 4) is 0 Å². The van der Waals surface area contributed by atoms with Crippen LogP contribution in [0.2, 0.25) is 0 Å². The Morgan fingerprint density at radius 2 is 1.76 bits per heavy atom. The zero-order valence-electron chi connectivity index (χ0n) is 29.3. The average molecular weight is 684 g/mol. The Morgan fingerprint density at radius 1 is 1.04 bits per heavy atom. The van der Waals surface area contributed by atoms with E-state index in [-0.39, 0.29) is 36.4 Å². The van der Waals surface area contributed by atoms with E-state index in [9.17, 15) is 19.2 Å². The van der Waals surface area contributed by atoms with Crippen LogP contribution in [-0.2, 0) is 20.9 Å². The number of benzene rings is 1. The van der Waals surface area contributed by atoms with Crippen LogP contribution < -0.4 is 16.0 Å². The Labute approximate surface area is 287 Å². The molecule has 3 N–H and O–H groups in total. The van der Waals surface area contributed by atoms with Gasteiger partial charge in [0.15, 0.2) is 5.67 Å². The van der Waals surface area contributed by atoms with E-state index in [4.69, 9.17) is 0 Å². The molecule has 1 aromatic heterocycles. The Morgan fingerprint density at radius 3 is 2.37 bits per heavy atom. The number of carbonyl (C=O) groups is 4. The molecule has 0 bridgehead atoms. The molecule has 1 saturated heterocycles. The van der Waals surface area contributed by atoms with Gasteiger partial charge in [-0.25, -0.2) is 8.78 Å². The maximum absolute atomic E-state index is 15.8. The van der Waals surface area contributed by atoms with Crippen LogP contribution in [0.5, 0.6) is 0 Å². The average Bonchev–Trinajstić information content (AvgIpc) is 3.56. The molecule has 2 aromatic rings. The number of piperazine rings is 1. The molecule has 4 amide bonds. The summed E-state index contributed by atoms with van der Waals surface area (Å²) >= 11 is 0. The monoisotopic (exact) mass is 683 g/mol. The first-order chi connectivity index (χ1) is 23.3. The van der Waals surface area contributed by atoms with Gasteiger partial charge in [-0.1, -0.05) is 32.8 Å². The van der Waals surface area contributed by atoms with Gasteiger partial charge >= 0.3 is 0 Å². The number of hydrogen-bond acceptors (Lipinski definition) is 6. The van der Waals surface area contributed by atoms with Gasteiger partial charge in [0.05, 0.1) is 5.69 Å². The number of carbonyl (C=O) groups excluding carboxylic acids is 4. The van der Waals surface area contributed by atoms with Crippen LogP contribution in [0.25, 0.3) is 0 Å². The van der Waals surface area contributed by atoms with Crippen molar-refractivity contribution in [2.45, 2.75) is 109 Å². The summed E-state index contributed by atoms with van der Waals surface area (Å²) < 4.78 is 32.5.